The molecule has 0 N–H and O–H groups in total. The van der Waals surface area contributed by atoms with Gasteiger partial charge in [0.15, 0.2) is 11.5 Å². The van der Waals surface area contributed by atoms with E-state index in [0.29, 0.717) is 27.5 Å². The number of hydrogen-bond donors (Lipinski definition) is 0. The van der Waals surface area contributed by atoms with Gasteiger partial charge in [-0.15, -0.1) is 0 Å². The van der Waals surface area contributed by atoms with Gasteiger partial charge in [0.25, 0.3) is 11.1 Å². The predicted octanol–water partition coefficient (Wildman–Crippen LogP) is 6.04. The van der Waals surface area contributed by atoms with Crippen LogP contribution in [-0.2, 0) is 17.9 Å². The second-order valence-electron chi connectivity index (χ2n) is 7.35. The summed E-state index contributed by atoms with van der Waals surface area (Å²) >= 11 is 7.36. The SMILES string of the molecule is COc1cc(C=C2SC(=O)N(Cc3ccccc3)C2=O)cc(Cl)c1OCc1ccccc1C#N. The quantitative estimate of drug-likeness (QED) is 0.376. The number of thioether (sulfide) groups is 1. The molecule has 34 heavy (non-hydrogen) atoms. The van der Waals surface area contributed by atoms with E-state index in [4.69, 9.17) is 21.1 Å². The molecule has 1 aliphatic rings. The first-order valence-electron chi connectivity index (χ1n) is 10.3. The Hall–Kier alpha value is -3.73. The average molecular weight is 491 g/mol. The maximum absolute atomic E-state index is 12.9. The molecule has 0 aliphatic carbocycles. The smallest absolute Gasteiger partial charge is 0.293 e. The fraction of sp³-hybridized carbons (Fsp3) is 0.115. The van der Waals surface area contributed by atoms with Gasteiger partial charge in [-0.25, -0.2) is 0 Å². The number of rotatable bonds is 7. The van der Waals surface area contributed by atoms with Crippen molar-refractivity contribution < 1.29 is 19.1 Å². The minimum Gasteiger partial charge on any atom is -0.493 e. The van der Waals surface area contributed by atoms with Crippen molar-refractivity contribution in [2.24, 2.45) is 0 Å². The lowest BCUT2D eigenvalue weighted by molar-refractivity contribution is -0.123. The number of amides is 2. The van der Waals surface area contributed by atoms with Gasteiger partial charge in [-0.2, -0.15) is 5.26 Å². The number of hydrogen-bond acceptors (Lipinski definition) is 6. The summed E-state index contributed by atoms with van der Waals surface area (Å²) in [7, 11) is 1.49. The highest BCUT2D eigenvalue weighted by Crippen LogP contribution is 2.39. The molecular weight excluding hydrogens is 472 g/mol. The molecule has 6 nitrogen and oxygen atoms in total. The van der Waals surface area contributed by atoms with Crippen LogP contribution in [0, 0.1) is 11.3 Å². The molecule has 1 saturated heterocycles. The molecule has 0 spiro atoms. The Bertz CT molecular complexity index is 1320. The molecule has 170 valence electrons. The first-order chi connectivity index (χ1) is 16.5. The lowest BCUT2D eigenvalue weighted by Gasteiger charge is -2.14. The summed E-state index contributed by atoms with van der Waals surface area (Å²) in [5.41, 5.74) is 2.70. The van der Waals surface area contributed by atoms with Crippen LogP contribution in [0.25, 0.3) is 6.08 Å². The lowest BCUT2D eigenvalue weighted by atomic mass is 10.1. The van der Waals surface area contributed by atoms with E-state index in [9.17, 15) is 14.9 Å². The highest BCUT2D eigenvalue weighted by atomic mass is 35.5. The third kappa shape index (κ3) is 5.09. The standard InChI is InChI=1S/C26H19ClN2O4S/c1-32-22-12-18(11-21(27)24(22)33-16-20-10-6-5-9-19(20)14-28)13-23-25(30)29(26(31)34-23)15-17-7-3-2-4-8-17/h2-13H,15-16H2,1H3. The molecule has 1 aliphatic heterocycles. The number of ether oxygens (including phenoxy) is 2. The van der Waals surface area contributed by atoms with Gasteiger partial charge in [0.1, 0.15) is 6.61 Å². The molecule has 4 rings (SSSR count). The number of imide groups is 1. The predicted molar refractivity (Wildman–Crippen MR) is 131 cm³/mol. The fourth-order valence-electron chi connectivity index (χ4n) is 3.42. The van der Waals surface area contributed by atoms with Crippen LogP contribution in [-0.4, -0.2) is 23.2 Å². The van der Waals surface area contributed by atoms with Crippen molar-refractivity contribution in [2.75, 3.05) is 7.11 Å². The third-order valence-corrected chi connectivity index (χ3v) is 6.30. The van der Waals surface area contributed by atoms with Crippen LogP contribution in [0.5, 0.6) is 11.5 Å². The summed E-state index contributed by atoms with van der Waals surface area (Å²) in [4.78, 5) is 26.8. The van der Waals surface area contributed by atoms with Crippen molar-refractivity contribution in [1.82, 2.24) is 4.90 Å². The number of halogens is 1. The highest BCUT2D eigenvalue weighted by molar-refractivity contribution is 8.18. The van der Waals surface area contributed by atoms with E-state index >= 15 is 0 Å². The Morgan fingerprint density at radius 3 is 2.56 bits per heavy atom. The molecule has 8 heteroatoms. The van der Waals surface area contributed by atoms with E-state index in [1.54, 1.807) is 36.4 Å². The molecule has 0 aromatic heterocycles. The van der Waals surface area contributed by atoms with Crippen LogP contribution in [0.3, 0.4) is 0 Å². The van der Waals surface area contributed by atoms with Gasteiger partial charge in [-0.1, -0.05) is 60.1 Å². The van der Waals surface area contributed by atoms with Crippen molar-refractivity contribution in [3.05, 3.63) is 98.9 Å². The monoisotopic (exact) mass is 490 g/mol. The van der Waals surface area contributed by atoms with Crippen molar-refractivity contribution in [3.8, 4) is 17.6 Å². The van der Waals surface area contributed by atoms with E-state index in [1.165, 1.54) is 12.0 Å². The number of carbonyl (C=O) groups is 2. The summed E-state index contributed by atoms with van der Waals surface area (Å²) < 4.78 is 11.3. The Balaban J connectivity index is 1.55. The van der Waals surface area contributed by atoms with E-state index in [2.05, 4.69) is 6.07 Å². The summed E-state index contributed by atoms with van der Waals surface area (Å²) in [6, 6.07) is 21.9. The van der Waals surface area contributed by atoms with Crippen LogP contribution in [0.1, 0.15) is 22.3 Å². The molecule has 0 bridgehead atoms. The minimum absolute atomic E-state index is 0.136. The Kier molecular flexibility index (Phi) is 7.21. The molecule has 0 saturated carbocycles. The van der Waals surface area contributed by atoms with Crippen molar-refractivity contribution in [1.29, 1.82) is 5.26 Å². The number of methoxy groups -OCH3 is 1. The minimum atomic E-state index is -0.359. The maximum atomic E-state index is 12.9. The van der Waals surface area contributed by atoms with Crippen LogP contribution < -0.4 is 9.47 Å². The second-order valence-corrected chi connectivity index (χ2v) is 8.75. The first kappa shape index (κ1) is 23.4. The van der Waals surface area contributed by atoms with Gasteiger partial charge in [0.05, 0.1) is 35.2 Å². The Morgan fingerprint density at radius 2 is 1.82 bits per heavy atom. The summed E-state index contributed by atoms with van der Waals surface area (Å²) in [5, 5.41) is 9.22. The number of nitriles is 1. The molecule has 0 unspecified atom stereocenters. The zero-order valence-electron chi connectivity index (χ0n) is 18.2. The van der Waals surface area contributed by atoms with Crippen LogP contribution in [0.4, 0.5) is 4.79 Å². The van der Waals surface area contributed by atoms with Crippen molar-refractivity contribution in [2.45, 2.75) is 13.2 Å². The summed E-state index contributed by atoms with van der Waals surface area (Å²) in [6.45, 7) is 0.349. The molecule has 3 aromatic carbocycles. The van der Waals surface area contributed by atoms with Gasteiger partial charge >= 0.3 is 0 Å². The molecule has 2 amide bonds. The second kappa shape index (κ2) is 10.5. The lowest BCUT2D eigenvalue weighted by Crippen LogP contribution is -2.27. The maximum Gasteiger partial charge on any atom is 0.293 e. The van der Waals surface area contributed by atoms with E-state index in [0.717, 1.165) is 22.9 Å². The van der Waals surface area contributed by atoms with Crippen LogP contribution >= 0.6 is 23.4 Å². The van der Waals surface area contributed by atoms with Gasteiger partial charge in [0, 0.05) is 5.56 Å². The van der Waals surface area contributed by atoms with Crippen molar-refractivity contribution in [3.63, 3.8) is 0 Å². The number of nitrogens with zero attached hydrogens (tertiary/aromatic N) is 2. The number of benzene rings is 3. The van der Waals surface area contributed by atoms with Crippen LogP contribution in [0.15, 0.2) is 71.6 Å². The van der Waals surface area contributed by atoms with Gasteiger partial charge < -0.3 is 9.47 Å². The topological polar surface area (TPSA) is 79.6 Å². The fourth-order valence-corrected chi connectivity index (χ4v) is 4.53. The van der Waals surface area contributed by atoms with Gasteiger partial charge in [-0.05, 0) is 47.2 Å². The third-order valence-electron chi connectivity index (χ3n) is 5.12. The van der Waals surface area contributed by atoms with E-state index < -0.39 is 0 Å². The number of carbonyl (C=O) groups excluding carboxylic acids is 2. The molecule has 1 heterocycles. The van der Waals surface area contributed by atoms with E-state index in [1.807, 2.05) is 36.4 Å². The normalized spacial score (nSPS) is 14.4. The van der Waals surface area contributed by atoms with Crippen molar-refractivity contribution >= 4 is 40.6 Å². The molecule has 3 aromatic rings. The zero-order chi connectivity index (χ0) is 24.1. The van der Waals surface area contributed by atoms with Gasteiger partial charge in [-0.3, -0.25) is 14.5 Å². The average Bonchev–Trinajstić information content (AvgIpc) is 3.11. The molecule has 0 atom stereocenters. The molecular formula is C26H19ClN2O4S. The Morgan fingerprint density at radius 1 is 1.09 bits per heavy atom. The molecule has 1 fully saturated rings. The Labute approximate surface area is 206 Å². The largest absolute Gasteiger partial charge is 0.493 e. The van der Waals surface area contributed by atoms with Gasteiger partial charge in [0.2, 0.25) is 0 Å². The summed E-state index contributed by atoms with van der Waals surface area (Å²) in [6.07, 6.45) is 1.61. The first-order valence-corrected chi connectivity index (χ1v) is 11.5. The zero-order valence-corrected chi connectivity index (χ0v) is 19.7. The van der Waals surface area contributed by atoms with Crippen LogP contribution in [0.2, 0.25) is 5.02 Å². The van der Waals surface area contributed by atoms with E-state index in [-0.39, 0.29) is 29.3 Å². The summed E-state index contributed by atoms with van der Waals surface area (Å²) in [5.74, 6) is 0.338. The highest BCUT2D eigenvalue weighted by Gasteiger charge is 2.35. The molecule has 0 radical (unpaired) electrons.